The third-order valence-electron chi connectivity index (χ3n) is 2.68. The largest absolute Gasteiger partial charge is 0.497 e. The number of hydrogen-bond donors (Lipinski definition) is 1. The number of methoxy groups -OCH3 is 1. The molecule has 18 heavy (non-hydrogen) atoms. The van der Waals surface area contributed by atoms with Crippen molar-refractivity contribution in [3.8, 4) is 17.1 Å². The molecule has 0 atom stereocenters. The molecule has 0 saturated carbocycles. The molecule has 2 N–H and O–H groups in total. The van der Waals surface area contributed by atoms with E-state index in [1.165, 1.54) is 0 Å². The number of hydrogen-bond acceptors (Lipinski definition) is 5. The number of aromatic nitrogens is 4. The van der Waals surface area contributed by atoms with Crippen LogP contribution in [0.3, 0.4) is 0 Å². The third-order valence-corrected chi connectivity index (χ3v) is 2.68. The van der Waals surface area contributed by atoms with Crippen LogP contribution < -0.4 is 10.5 Å². The quantitative estimate of drug-likeness (QED) is 0.686. The predicted molar refractivity (Wildman–Crippen MR) is 67.2 cm³/mol. The van der Waals surface area contributed by atoms with Gasteiger partial charge in [0.2, 0.25) is 0 Å². The Morgan fingerprint density at radius 3 is 2.89 bits per heavy atom. The average Bonchev–Trinajstić information content (AvgIpc) is 2.82. The molecule has 0 amide bonds. The van der Waals surface area contributed by atoms with E-state index in [9.17, 15) is 0 Å². The Kier molecular flexibility index (Phi) is 2.33. The van der Waals surface area contributed by atoms with E-state index in [0.717, 1.165) is 5.56 Å². The zero-order chi connectivity index (χ0) is 12.5. The summed E-state index contributed by atoms with van der Waals surface area (Å²) < 4.78 is 6.77. The summed E-state index contributed by atoms with van der Waals surface area (Å²) in [7, 11) is 1.60. The second kappa shape index (κ2) is 3.99. The Morgan fingerprint density at radius 1 is 1.22 bits per heavy atom. The number of rotatable bonds is 2. The molecule has 3 rings (SSSR count). The van der Waals surface area contributed by atoms with E-state index in [1.54, 1.807) is 23.9 Å². The van der Waals surface area contributed by atoms with E-state index in [-0.39, 0.29) is 0 Å². The summed E-state index contributed by atoms with van der Waals surface area (Å²) in [6.07, 6.45) is 1.68. The Morgan fingerprint density at radius 2 is 2.11 bits per heavy atom. The normalized spacial score (nSPS) is 10.7. The first-order valence-corrected chi connectivity index (χ1v) is 5.40. The summed E-state index contributed by atoms with van der Waals surface area (Å²) >= 11 is 0. The number of nitrogen functional groups attached to an aromatic ring is 1. The van der Waals surface area contributed by atoms with Gasteiger partial charge in [0.1, 0.15) is 5.75 Å². The van der Waals surface area contributed by atoms with Crippen molar-refractivity contribution in [1.29, 1.82) is 0 Å². The molecule has 0 fully saturated rings. The zero-order valence-corrected chi connectivity index (χ0v) is 9.74. The average molecular weight is 241 g/mol. The lowest BCUT2D eigenvalue weighted by atomic mass is 10.1. The maximum Gasteiger partial charge on any atom is 0.187 e. The fraction of sp³-hybridized carbons (Fsp3) is 0.0833. The maximum absolute atomic E-state index is 5.99. The van der Waals surface area contributed by atoms with Crippen LogP contribution in [-0.2, 0) is 0 Å². The topological polar surface area (TPSA) is 78.3 Å². The second-order valence-electron chi connectivity index (χ2n) is 3.77. The summed E-state index contributed by atoms with van der Waals surface area (Å²) in [6.45, 7) is 0. The Hall–Kier alpha value is -2.63. The van der Waals surface area contributed by atoms with Crippen LogP contribution in [0.15, 0.2) is 36.5 Å². The number of nitrogens with two attached hydrogens (primary N) is 1. The highest BCUT2D eigenvalue weighted by atomic mass is 16.5. The maximum atomic E-state index is 5.99. The van der Waals surface area contributed by atoms with E-state index in [4.69, 9.17) is 10.5 Å². The van der Waals surface area contributed by atoms with Gasteiger partial charge in [0, 0.05) is 23.5 Å². The van der Waals surface area contributed by atoms with Gasteiger partial charge < -0.3 is 10.5 Å². The lowest BCUT2D eigenvalue weighted by molar-refractivity contribution is 0.415. The summed E-state index contributed by atoms with van der Waals surface area (Å²) in [5, 5.41) is 12.4. The minimum absolute atomic E-state index is 0.578. The number of fused-ring (bicyclic) bond motifs is 1. The van der Waals surface area contributed by atoms with E-state index in [1.807, 2.05) is 24.3 Å². The molecular formula is C12H11N5O. The summed E-state index contributed by atoms with van der Waals surface area (Å²) in [5.74, 6) is 1.32. The molecule has 0 spiro atoms. The lowest BCUT2D eigenvalue weighted by Gasteiger charge is -2.05. The summed E-state index contributed by atoms with van der Waals surface area (Å²) in [6, 6.07) is 9.07. The van der Waals surface area contributed by atoms with Crippen LogP contribution in [0.4, 0.5) is 5.69 Å². The summed E-state index contributed by atoms with van der Waals surface area (Å²) in [4.78, 5) is 0. The molecule has 0 aliphatic rings. The zero-order valence-electron chi connectivity index (χ0n) is 9.74. The lowest BCUT2D eigenvalue weighted by Crippen LogP contribution is -1.97. The van der Waals surface area contributed by atoms with Gasteiger partial charge in [-0.25, -0.2) is 0 Å². The van der Waals surface area contributed by atoms with Crippen LogP contribution >= 0.6 is 0 Å². The van der Waals surface area contributed by atoms with Gasteiger partial charge in [-0.3, -0.25) is 0 Å². The Bertz CT molecular complexity index is 707. The number of benzene rings is 1. The van der Waals surface area contributed by atoms with E-state index in [0.29, 0.717) is 22.9 Å². The molecule has 6 heteroatoms. The smallest absolute Gasteiger partial charge is 0.187 e. The van der Waals surface area contributed by atoms with Crippen molar-refractivity contribution in [3.05, 3.63) is 36.5 Å². The minimum atomic E-state index is 0.578. The van der Waals surface area contributed by atoms with Crippen molar-refractivity contribution < 1.29 is 4.74 Å². The number of anilines is 1. The molecular weight excluding hydrogens is 230 g/mol. The first-order chi connectivity index (χ1) is 8.79. The second-order valence-corrected chi connectivity index (χ2v) is 3.77. The van der Waals surface area contributed by atoms with Crippen LogP contribution in [0.5, 0.6) is 5.75 Å². The van der Waals surface area contributed by atoms with Crippen molar-refractivity contribution in [3.63, 3.8) is 0 Å². The molecule has 0 aliphatic heterocycles. The molecule has 6 nitrogen and oxygen atoms in total. The molecule has 0 bridgehead atoms. The van der Waals surface area contributed by atoms with Crippen molar-refractivity contribution >= 4 is 11.3 Å². The molecule has 2 heterocycles. The highest BCUT2D eigenvalue weighted by Gasteiger charge is 2.11. The summed E-state index contributed by atoms with van der Waals surface area (Å²) in [5.41, 5.74) is 8.03. The van der Waals surface area contributed by atoms with Gasteiger partial charge >= 0.3 is 0 Å². The van der Waals surface area contributed by atoms with Crippen LogP contribution in [0.2, 0.25) is 0 Å². The van der Waals surface area contributed by atoms with Gasteiger partial charge in [-0.05, 0) is 24.3 Å². The molecule has 0 saturated heterocycles. The monoisotopic (exact) mass is 241 g/mol. The van der Waals surface area contributed by atoms with Gasteiger partial charge in [0.05, 0.1) is 7.11 Å². The predicted octanol–water partition coefficient (Wildman–Crippen LogP) is 1.38. The highest BCUT2D eigenvalue weighted by molar-refractivity contribution is 5.74. The van der Waals surface area contributed by atoms with Gasteiger partial charge in [-0.1, -0.05) is 0 Å². The molecule has 0 aliphatic carbocycles. The van der Waals surface area contributed by atoms with E-state index < -0.39 is 0 Å². The van der Waals surface area contributed by atoms with E-state index in [2.05, 4.69) is 15.3 Å². The van der Waals surface area contributed by atoms with Crippen molar-refractivity contribution in [2.75, 3.05) is 12.8 Å². The van der Waals surface area contributed by atoms with E-state index >= 15 is 0 Å². The molecule has 0 unspecified atom stereocenters. The van der Waals surface area contributed by atoms with Crippen molar-refractivity contribution in [2.24, 2.45) is 0 Å². The van der Waals surface area contributed by atoms with Crippen LogP contribution in [0.1, 0.15) is 0 Å². The first kappa shape index (κ1) is 10.5. The first-order valence-electron chi connectivity index (χ1n) is 5.40. The number of nitrogens with zero attached hydrogens (tertiary/aromatic N) is 4. The fourth-order valence-corrected chi connectivity index (χ4v) is 1.78. The van der Waals surface area contributed by atoms with Gasteiger partial charge in [0.15, 0.2) is 11.5 Å². The molecule has 0 radical (unpaired) electrons. The van der Waals surface area contributed by atoms with Crippen LogP contribution in [-0.4, -0.2) is 26.9 Å². The Labute approximate surface area is 103 Å². The van der Waals surface area contributed by atoms with Crippen molar-refractivity contribution in [2.45, 2.75) is 0 Å². The van der Waals surface area contributed by atoms with Crippen molar-refractivity contribution in [1.82, 2.24) is 19.8 Å². The van der Waals surface area contributed by atoms with Gasteiger partial charge in [0.25, 0.3) is 0 Å². The van der Waals surface area contributed by atoms with Gasteiger partial charge in [-0.2, -0.15) is 9.61 Å². The van der Waals surface area contributed by atoms with Gasteiger partial charge in [-0.15, -0.1) is 10.2 Å². The minimum Gasteiger partial charge on any atom is -0.497 e. The molecule has 1 aromatic carbocycles. The molecule has 3 aromatic rings. The standard InChI is InChI=1S/C12H11N5O/c1-18-8-4-5-9(10(13)7-8)12-16-15-11-3-2-6-14-17(11)12/h2-7H,13H2,1H3. The SMILES string of the molecule is COc1ccc(-c2nnc3cccnn23)c(N)c1. The highest BCUT2D eigenvalue weighted by Crippen LogP contribution is 2.27. The third kappa shape index (κ3) is 1.55. The molecule has 90 valence electrons. The number of ether oxygens (including phenoxy) is 1. The molecule has 2 aromatic heterocycles. The Balaban J connectivity index is 2.20. The van der Waals surface area contributed by atoms with Crippen LogP contribution in [0, 0.1) is 0 Å². The van der Waals surface area contributed by atoms with Crippen LogP contribution in [0.25, 0.3) is 17.0 Å². The fourth-order valence-electron chi connectivity index (χ4n) is 1.78.